The lowest BCUT2D eigenvalue weighted by molar-refractivity contribution is -0.140. The van der Waals surface area contributed by atoms with Crippen LogP contribution in [0.15, 0.2) is 28.5 Å². The minimum Gasteiger partial charge on any atom is -0.454 e. The van der Waals surface area contributed by atoms with Crippen molar-refractivity contribution < 1.29 is 19.4 Å². The largest absolute Gasteiger partial charge is 0.454 e. The average Bonchev–Trinajstić information content (AvgIpc) is 3.46. The van der Waals surface area contributed by atoms with Crippen LogP contribution in [-0.4, -0.2) is 69.3 Å². The zero-order valence-electron chi connectivity index (χ0n) is 18.8. The van der Waals surface area contributed by atoms with E-state index in [0.717, 1.165) is 24.2 Å². The summed E-state index contributed by atoms with van der Waals surface area (Å²) in [7, 11) is 6.18. The first-order chi connectivity index (χ1) is 16.4. The molecule has 2 aliphatic heterocycles. The van der Waals surface area contributed by atoms with Crippen molar-refractivity contribution in [1.29, 1.82) is 5.41 Å². The molecule has 5 rings (SSSR count). The average molecular weight is 480 g/mol. The highest BCUT2D eigenvalue weighted by Crippen LogP contribution is 2.36. The molecular formula is C22H25BN6O4S. The van der Waals surface area contributed by atoms with Crippen LogP contribution in [0.5, 0.6) is 11.5 Å². The molecule has 12 heteroatoms. The van der Waals surface area contributed by atoms with Gasteiger partial charge in [0.05, 0.1) is 6.33 Å². The van der Waals surface area contributed by atoms with Gasteiger partial charge in [0.15, 0.2) is 27.8 Å². The van der Waals surface area contributed by atoms with E-state index in [4.69, 9.17) is 27.7 Å². The first kappa shape index (κ1) is 22.8. The number of fused-ring (bicyclic) bond motifs is 2. The highest BCUT2D eigenvalue weighted by molar-refractivity contribution is 7.99. The fourth-order valence-electron chi connectivity index (χ4n) is 4.33. The summed E-state index contributed by atoms with van der Waals surface area (Å²) < 4.78 is 12.8. The van der Waals surface area contributed by atoms with Crippen LogP contribution in [-0.2, 0) is 11.3 Å². The van der Waals surface area contributed by atoms with Gasteiger partial charge in [-0.25, -0.2) is 9.97 Å². The Kier molecular flexibility index (Phi) is 6.26. The first-order valence-electron chi connectivity index (χ1n) is 11.2. The maximum atomic E-state index is 12.0. The predicted molar refractivity (Wildman–Crippen MR) is 125 cm³/mol. The molecular weight excluding hydrogens is 455 g/mol. The Balaban J connectivity index is 1.29. The molecule has 1 fully saturated rings. The van der Waals surface area contributed by atoms with Gasteiger partial charge in [-0.2, -0.15) is 0 Å². The van der Waals surface area contributed by atoms with Crippen LogP contribution in [0.3, 0.4) is 0 Å². The molecule has 0 aliphatic carbocycles. The number of aromatic amines is 1. The number of benzene rings is 1. The minimum absolute atomic E-state index is 0.134. The Morgan fingerprint density at radius 3 is 2.82 bits per heavy atom. The molecule has 34 heavy (non-hydrogen) atoms. The van der Waals surface area contributed by atoms with Crippen LogP contribution < -0.4 is 20.4 Å². The summed E-state index contributed by atoms with van der Waals surface area (Å²) in [6.07, 6.45) is 3.42. The number of aliphatic hydroxyl groups excluding tert-OH is 1. The van der Waals surface area contributed by atoms with Crippen LogP contribution >= 0.6 is 11.8 Å². The van der Waals surface area contributed by atoms with E-state index >= 15 is 0 Å². The Bertz CT molecular complexity index is 1280. The Morgan fingerprint density at radius 2 is 2.09 bits per heavy atom. The van der Waals surface area contributed by atoms with Gasteiger partial charge in [-0.1, -0.05) is 17.2 Å². The fourth-order valence-corrected chi connectivity index (χ4v) is 5.17. The summed E-state index contributed by atoms with van der Waals surface area (Å²) in [4.78, 5) is 26.6. The van der Waals surface area contributed by atoms with Crippen molar-refractivity contribution in [1.82, 2.24) is 24.4 Å². The van der Waals surface area contributed by atoms with Crippen LogP contribution in [0, 0.1) is 11.3 Å². The number of imidazole rings is 1. The number of hydrogen-bond donors (Lipinski definition) is 3. The first-order valence-corrected chi connectivity index (χ1v) is 12.0. The molecule has 4 heterocycles. The standard InChI is InChI=1S/C22H25BN6O4S/c1-12(30)21(31)28-5-2-13(3-6-28)4-7-29-10-25-19(24)18-20(29)27-22(26-18)34-17-9-16-15(8-14(17)23)32-11-33-16/h8-10,12-13,24,30H,2-7,11H2,1H3,(H,26,27)/t12-/m0/s1. The molecule has 3 N–H and O–H groups in total. The van der Waals surface area contributed by atoms with Crippen molar-refractivity contribution in [3.63, 3.8) is 0 Å². The molecule has 3 aromatic rings. The molecule has 1 saturated heterocycles. The molecule has 0 unspecified atom stereocenters. The van der Waals surface area contributed by atoms with E-state index in [1.165, 1.54) is 18.7 Å². The van der Waals surface area contributed by atoms with E-state index in [2.05, 4.69) is 9.97 Å². The third-order valence-corrected chi connectivity index (χ3v) is 7.23. The zero-order chi connectivity index (χ0) is 23.8. The second-order valence-electron chi connectivity index (χ2n) is 8.61. The smallest absolute Gasteiger partial charge is 0.251 e. The van der Waals surface area contributed by atoms with Crippen LogP contribution in [0.2, 0.25) is 0 Å². The van der Waals surface area contributed by atoms with E-state index in [1.807, 2.05) is 10.6 Å². The summed E-state index contributed by atoms with van der Waals surface area (Å²) >= 11 is 1.37. The third kappa shape index (κ3) is 4.52. The molecule has 2 aliphatic rings. The molecule has 0 spiro atoms. The van der Waals surface area contributed by atoms with Crippen molar-refractivity contribution >= 4 is 42.1 Å². The van der Waals surface area contributed by atoms with Crippen molar-refractivity contribution in [3.05, 3.63) is 23.9 Å². The molecule has 176 valence electrons. The molecule has 10 nitrogen and oxygen atoms in total. The number of piperidine rings is 1. The molecule has 2 aromatic heterocycles. The second-order valence-corrected chi connectivity index (χ2v) is 9.64. The molecule has 1 atom stereocenters. The maximum absolute atomic E-state index is 12.0. The van der Waals surface area contributed by atoms with Crippen molar-refractivity contribution in [2.45, 2.75) is 48.9 Å². The van der Waals surface area contributed by atoms with Gasteiger partial charge in [-0.3, -0.25) is 10.2 Å². The van der Waals surface area contributed by atoms with Crippen molar-refractivity contribution in [3.8, 4) is 11.5 Å². The van der Waals surface area contributed by atoms with Gasteiger partial charge in [-0.15, -0.1) is 0 Å². The maximum Gasteiger partial charge on any atom is 0.251 e. The molecule has 0 bridgehead atoms. The number of likely N-dealkylation sites (tertiary alicyclic amines) is 1. The highest BCUT2D eigenvalue weighted by Gasteiger charge is 2.25. The summed E-state index contributed by atoms with van der Waals surface area (Å²) in [5.74, 6) is 1.54. The number of hydrogen-bond acceptors (Lipinski definition) is 8. The van der Waals surface area contributed by atoms with Crippen LogP contribution in [0.4, 0.5) is 0 Å². The summed E-state index contributed by atoms with van der Waals surface area (Å²) in [5.41, 5.74) is 1.94. The van der Waals surface area contributed by atoms with E-state index in [1.54, 1.807) is 17.3 Å². The Hall–Kier alpha value is -2.99. The third-order valence-electron chi connectivity index (χ3n) is 6.27. The van der Waals surface area contributed by atoms with E-state index in [0.29, 0.717) is 58.8 Å². The number of carbonyl (C=O) groups is 1. The summed E-state index contributed by atoms with van der Waals surface area (Å²) in [6.45, 7) is 3.73. The van der Waals surface area contributed by atoms with Gasteiger partial charge in [0, 0.05) is 24.5 Å². The number of amides is 1. The van der Waals surface area contributed by atoms with E-state index in [-0.39, 0.29) is 18.2 Å². The second kappa shape index (κ2) is 9.34. The number of nitrogens with zero attached hydrogens (tertiary/aromatic N) is 4. The molecule has 1 aromatic carbocycles. The lowest BCUT2D eigenvalue weighted by Crippen LogP contribution is -2.43. The van der Waals surface area contributed by atoms with Crippen molar-refractivity contribution in [2.75, 3.05) is 19.9 Å². The topological polar surface area (TPSA) is 129 Å². The lowest BCUT2D eigenvalue weighted by atomic mass is 9.93. The van der Waals surface area contributed by atoms with E-state index in [9.17, 15) is 9.90 Å². The molecule has 0 saturated carbocycles. The monoisotopic (exact) mass is 480 g/mol. The summed E-state index contributed by atoms with van der Waals surface area (Å²) in [6, 6.07) is 3.57. The number of aliphatic hydroxyl groups is 1. The minimum atomic E-state index is -0.949. The number of H-pyrrole nitrogens is 1. The van der Waals surface area contributed by atoms with Gasteiger partial charge in [0.2, 0.25) is 6.79 Å². The van der Waals surface area contributed by atoms with Gasteiger partial charge in [-0.05, 0) is 44.2 Å². The van der Waals surface area contributed by atoms with Crippen molar-refractivity contribution in [2.24, 2.45) is 5.92 Å². The van der Waals surface area contributed by atoms with Gasteiger partial charge >= 0.3 is 0 Å². The molecule has 1 amide bonds. The Labute approximate surface area is 201 Å². The van der Waals surface area contributed by atoms with Gasteiger partial charge < -0.3 is 29.0 Å². The normalized spacial score (nSPS) is 16.8. The number of nitrogens with one attached hydrogen (secondary N) is 2. The van der Waals surface area contributed by atoms with Gasteiger partial charge in [0.1, 0.15) is 19.5 Å². The zero-order valence-corrected chi connectivity index (χ0v) is 19.6. The quantitative estimate of drug-likeness (QED) is 0.448. The lowest BCUT2D eigenvalue weighted by Gasteiger charge is -2.32. The number of carbonyl (C=O) groups excluding carboxylic acids is 1. The number of rotatable bonds is 6. The highest BCUT2D eigenvalue weighted by atomic mass is 32.2. The molecule has 2 radical (unpaired) electrons. The predicted octanol–water partition coefficient (Wildman–Crippen LogP) is 0.922. The van der Waals surface area contributed by atoms with Gasteiger partial charge in [0.25, 0.3) is 5.91 Å². The Morgan fingerprint density at radius 1 is 1.35 bits per heavy atom. The number of aryl methyl sites for hydroxylation is 1. The number of ether oxygens (including phenoxy) is 2. The fraction of sp³-hybridized carbons (Fsp3) is 0.455. The number of aromatic nitrogens is 4. The summed E-state index contributed by atoms with van der Waals surface area (Å²) in [5, 5.41) is 18.3. The SMILES string of the molecule is [B]c1cc2c(cc1Sc1nc3c([nH]1)c(=N)ncn3CCC1CCN(C(=O)[C@H](C)O)CC1)OCO2. The van der Waals surface area contributed by atoms with Crippen LogP contribution in [0.25, 0.3) is 11.2 Å². The van der Waals surface area contributed by atoms with E-state index < -0.39 is 6.10 Å². The van der Waals surface area contributed by atoms with Crippen LogP contribution in [0.1, 0.15) is 26.2 Å².